The minimum atomic E-state index is -0.782. The molecule has 0 bridgehead atoms. The van der Waals surface area contributed by atoms with E-state index in [0.29, 0.717) is 49.0 Å². The number of hydrogen-bond acceptors (Lipinski definition) is 8. The molecule has 0 radical (unpaired) electrons. The summed E-state index contributed by atoms with van der Waals surface area (Å²) in [6, 6.07) is 19.9. The predicted octanol–water partition coefficient (Wildman–Crippen LogP) is 2.96. The standard InChI is InChI=1S/C34H41N9O3/c1-21-18-27(32(44)37-17-16-35)12-15-29(21)24-6-2-22(3-7-24)19-30(39-33(45)26-8-4-23(20-36)5-9-26)34(46)38-28-13-10-25(11-14-28)31-40-42-43-41-31/h2-3,6-7,10-15,18,23,26,30H,4-5,8-9,16-17,19-20,35-36H2,1H3,(H,37,44)(H,38,46)(H,39,45)(H,40,41,42,43)/t23?,26?,30-/m0/s1. The van der Waals surface area contributed by atoms with Gasteiger partial charge in [0.05, 0.1) is 0 Å². The number of rotatable bonds is 12. The van der Waals surface area contributed by atoms with Crippen LogP contribution in [-0.4, -0.2) is 64.0 Å². The van der Waals surface area contributed by atoms with Crippen LogP contribution in [0.2, 0.25) is 0 Å². The summed E-state index contributed by atoms with van der Waals surface area (Å²) >= 11 is 0. The molecule has 1 saturated carbocycles. The van der Waals surface area contributed by atoms with Crippen LogP contribution in [0, 0.1) is 18.8 Å². The third-order valence-electron chi connectivity index (χ3n) is 8.56. The van der Waals surface area contributed by atoms with Crippen molar-refractivity contribution in [3.05, 3.63) is 83.4 Å². The Morgan fingerprint density at radius 2 is 1.65 bits per heavy atom. The Labute approximate surface area is 268 Å². The molecule has 4 aromatic rings. The summed E-state index contributed by atoms with van der Waals surface area (Å²) in [5.74, 6) is 0.195. The van der Waals surface area contributed by atoms with E-state index in [9.17, 15) is 14.4 Å². The maximum atomic E-state index is 13.6. The second kappa shape index (κ2) is 15.4. The van der Waals surface area contributed by atoms with E-state index < -0.39 is 6.04 Å². The van der Waals surface area contributed by atoms with Gasteiger partial charge < -0.3 is 27.4 Å². The first-order valence-electron chi connectivity index (χ1n) is 15.7. The second-order valence-electron chi connectivity index (χ2n) is 11.8. The van der Waals surface area contributed by atoms with Crippen molar-refractivity contribution in [3.63, 3.8) is 0 Å². The van der Waals surface area contributed by atoms with Crippen molar-refractivity contribution in [2.45, 2.75) is 45.1 Å². The first kappa shape index (κ1) is 32.5. The molecule has 240 valence electrons. The monoisotopic (exact) mass is 623 g/mol. The molecule has 1 fully saturated rings. The lowest BCUT2D eigenvalue weighted by Gasteiger charge is -2.28. The number of benzene rings is 3. The van der Waals surface area contributed by atoms with Crippen LogP contribution in [0.3, 0.4) is 0 Å². The van der Waals surface area contributed by atoms with Gasteiger partial charge in [0.2, 0.25) is 17.6 Å². The van der Waals surface area contributed by atoms with Crippen molar-refractivity contribution in [3.8, 4) is 22.5 Å². The van der Waals surface area contributed by atoms with Crippen molar-refractivity contribution < 1.29 is 14.4 Å². The smallest absolute Gasteiger partial charge is 0.251 e. The summed E-state index contributed by atoms with van der Waals surface area (Å²) < 4.78 is 0. The average Bonchev–Trinajstić information content (AvgIpc) is 3.63. The Bertz CT molecular complexity index is 1610. The zero-order valence-corrected chi connectivity index (χ0v) is 26.0. The van der Waals surface area contributed by atoms with E-state index in [0.717, 1.165) is 53.5 Å². The zero-order chi connectivity index (χ0) is 32.5. The second-order valence-corrected chi connectivity index (χ2v) is 11.8. The Morgan fingerprint density at radius 3 is 2.28 bits per heavy atom. The largest absolute Gasteiger partial charge is 0.351 e. The van der Waals surface area contributed by atoms with E-state index in [1.54, 1.807) is 30.3 Å². The summed E-state index contributed by atoms with van der Waals surface area (Å²) in [7, 11) is 0. The van der Waals surface area contributed by atoms with Crippen LogP contribution in [0.5, 0.6) is 0 Å². The third kappa shape index (κ3) is 8.20. The lowest BCUT2D eigenvalue weighted by Crippen LogP contribution is -2.48. The van der Waals surface area contributed by atoms with Crippen LogP contribution in [0.1, 0.15) is 47.2 Å². The minimum Gasteiger partial charge on any atom is -0.351 e. The molecule has 1 aromatic heterocycles. The van der Waals surface area contributed by atoms with E-state index in [4.69, 9.17) is 11.5 Å². The highest BCUT2D eigenvalue weighted by Gasteiger charge is 2.29. The number of aromatic nitrogens is 4. The van der Waals surface area contributed by atoms with E-state index in [2.05, 4.69) is 36.6 Å². The predicted molar refractivity (Wildman–Crippen MR) is 176 cm³/mol. The molecule has 0 spiro atoms. The highest BCUT2D eigenvalue weighted by atomic mass is 16.2. The fourth-order valence-corrected chi connectivity index (χ4v) is 5.85. The van der Waals surface area contributed by atoms with Crippen LogP contribution >= 0.6 is 0 Å². The Hall–Kier alpha value is -4.94. The molecule has 1 atom stereocenters. The summed E-state index contributed by atoms with van der Waals surface area (Å²) in [6.07, 6.45) is 3.68. The molecule has 5 rings (SSSR count). The van der Waals surface area contributed by atoms with E-state index in [-0.39, 0.29) is 23.6 Å². The fraction of sp³-hybridized carbons (Fsp3) is 0.353. The van der Waals surface area contributed by atoms with Gasteiger partial charge in [-0.25, -0.2) is 0 Å². The quantitative estimate of drug-likeness (QED) is 0.139. The van der Waals surface area contributed by atoms with Crippen LogP contribution in [-0.2, 0) is 16.0 Å². The molecule has 12 nitrogen and oxygen atoms in total. The van der Waals surface area contributed by atoms with Crippen molar-refractivity contribution in [2.24, 2.45) is 23.3 Å². The van der Waals surface area contributed by atoms with Crippen molar-refractivity contribution in [1.29, 1.82) is 0 Å². The molecule has 0 aliphatic heterocycles. The Balaban J connectivity index is 1.30. The normalized spacial score (nSPS) is 16.8. The maximum absolute atomic E-state index is 13.6. The Kier molecular flexibility index (Phi) is 10.8. The number of carbonyl (C=O) groups excluding carboxylic acids is 3. The van der Waals surface area contributed by atoms with Gasteiger partial charge >= 0.3 is 0 Å². The molecule has 1 heterocycles. The molecular weight excluding hydrogens is 582 g/mol. The number of anilines is 1. The van der Waals surface area contributed by atoms with E-state index in [1.807, 2.05) is 43.3 Å². The number of nitrogens with one attached hydrogen (secondary N) is 4. The molecule has 1 aliphatic rings. The molecule has 12 heteroatoms. The van der Waals surface area contributed by atoms with Crippen molar-refractivity contribution in [2.75, 3.05) is 25.0 Å². The molecule has 0 unspecified atom stereocenters. The topological polar surface area (TPSA) is 194 Å². The molecule has 0 saturated heterocycles. The number of nitrogens with two attached hydrogens (primary N) is 2. The first-order chi connectivity index (χ1) is 22.3. The first-order valence-corrected chi connectivity index (χ1v) is 15.7. The molecular formula is C34H41N9O3. The number of tetrazole rings is 1. The summed E-state index contributed by atoms with van der Waals surface area (Å²) in [6.45, 7) is 3.40. The van der Waals surface area contributed by atoms with Crippen LogP contribution in [0.15, 0.2) is 66.7 Å². The molecule has 3 aromatic carbocycles. The summed E-state index contributed by atoms with van der Waals surface area (Å²) in [5, 5.41) is 22.8. The third-order valence-corrected chi connectivity index (χ3v) is 8.56. The van der Waals surface area contributed by atoms with Gasteiger partial charge in [0.1, 0.15) is 6.04 Å². The van der Waals surface area contributed by atoms with Gasteiger partial charge in [0, 0.05) is 42.2 Å². The van der Waals surface area contributed by atoms with Crippen molar-refractivity contribution in [1.82, 2.24) is 31.3 Å². The highest BCUT2D eigenvalue weighted by molar-refractivity contribution is 5.98. The lowest BCUT2D eigenvalue weighted by atomic mass is 9.81. The van der Waals surface area contributed by atoms with Gasteiger partial charge in [0.15, 0.2) is 0 Å². The number of hydrogen-bond donors (Lipinski definition) is 6. The van der Waals surface area contributed by atoms with Gasteiger partial charge in [-0.3, -0.25) is 14.4 Å². The summed E-state index contributed by atoms with van der Waals surface area (Å²) in [4.78, 5) is 39.3. The molecule has 46 heavy (non-hydrogen) atoms. The Morgan fingerprint density at radius 1 is 0.935 bits per heavy atom. The molecule has 1 aliphatic carbocycles. The number of H-pyrrole nitrogens is 1. The number of aromatic amines is 1. The van der Waals surface area contributed by atoms with Crippen LogP contribution < -0.4 is 27.4 Å². The fourth-order valence-electron chi connectivity index (χ4n) is 5.85. The van der Waals surface area contributed by atoms with Gasteiger partial charge in [0.25, 0.3) is 5.91 Å². The average molecular weight is 624 g/mol. The van der Waals surface area contributed by atoms with Gasteiger partial charge in [-0.15, -0.1) is 10.2 Å². The SMILES string of the molecule is Cc1cc(C(=O)NCCN)ccc1-c1ccc(C[C@H](NC(=O)C2CCC(CN)CC2)C(=O)Nc2ccc(-c3nn[nH]n3)cc2)cc1. The number of nitrogens with zero attached hydrogens (tertiary/aromatic N) is 3. The van der Waals surface area contributed by atoms with Crippen LogP contribution in [0.4, 0.5) is 5.69 Å². The van der Waals surface area contributed by atoms with E-state index >= 15 is 0 Å². The van der Waals surface area contributed by atoms with Gasteiger partial charge in [-0.1, -0.05) is 30.3 Å². The molecule has 3 amide bonds. The summed E-state index contributed by atoms with van der Waals surface area (Å²) in [5.41, 5.74) is 17.1. The van der Waals surface area contributed by atoms with E-state index in [1.165, 1.54) is 0 Å². The minimum absolute atomic E-state index is 0.106. The molecule has 8 N–H and O–H groups in total. The zero-order valence-electron chi connectivity index (χ0n) is 26.0. The number of aryl methyl sites for hydroxylation is 1. The number of amides is 3. The lowest BCUT2D eigenvalue weighted by molar-refractivity contribution is -0.130. The highest BCUT2D eigenvalue weighted by Crippen LogP contribution is 2.29. The number of carbonyl (C=O) groups is 3. The van der Waals surface area contributed by atoms with Gasteiger partial charge in [-0.05, 0) is 109 Å². The van der Waals surface area contributed by atoms with Crippen LogP contribution in [0.25, 0.3) is 22.5 Å². The van der Waals surface area contributed by atoms with Crippen molar-refractivity contribution >= 4 is 23.4 Å². The van der Waals surface area contributed by atoms with Gasteiger partial charge in [-0.2, -0.15) is 5.21 Å². The maximum Gasteiger partial charge on any atom is 0.251 e.